The maximum absolute atomic E-state index is 13.8. The second-order valence-electron chi connectivity index (χ2n) is 4.26. The van der Waals surface area contributed by atoms with Crippen molar-refractivity contribution < 1.29 is 8.78 Å². The van der Waals surface area contributed by atoms with E-state index in [-0.39, 0.29) is 5.56 Å². The zero-order valence-electron chi connectivity index (χ0n) is 10.4. The summed E-state index contributed by atoms with van der Waals surface area (Å²) in [4.78, 5) is 8.50. The molecule has 0 fully saturated rings. The van der Waals surface area contributed by atoms with E-state index in [0.717, 1.165) is 11.6 Å². The van der Waals surface area contributed by atoms with E-state index in [2.05, 4.69) is 9.97 Å². The van der Waals surface area contributed by atoms with Crippen molar-refractivity contribution in [2.75, 3.05) is 0 Å². The molecule has 4 heteroatoms. The van der Waals surface area contributed by atoms with Crippen molar-refractivity contribution in [3.63, 3.8) is 0 Å². The lowest BCUT2D eigenvalue weighted by atomic mass is 10.1. The highest BCUT2D eigenvalue weighted by Gasteiger charge is 2.09. The first-order chi connectivity index (χ1) is 9.74. The number of hydrogen-bond acceptors (Lipinski definition) is 2. The first-order valence-electron chi connectivity index (χ1n) is 6.08. The predicted octanol–water partition coefficient (Wildman–Crippen LogP) is 4.09. The molecule has 3 rings (SSSR count). The number of benzene rings is 2. The predicted molar refractivity (Wildman–Crippen MR) is 72.8 cm³/mol. The average molecular weight is 268 g/mol. The van der Waals surface area contributed by atoms with E-state index in [1.54, 1.807) is 12.3 Å². The lowest BCUT2D eigenvalue weighted by Gasteiger charge is -2.05. The van der Waals surface area contributed by atoms with Crippen LogP contribution in [0.2, 0.25) is 0 Å². The van der Waals surface area contributed by atoms with E-state index in [1.807, 2.05) is 30.3 Å². The molecule has 1 aromatic heterocycles. The van der Waals surface area contributed by atoms with E-state index in [0.29, 0.717) is 11.5 Å². The van der Waals surface area contributed by atoms with Crippen LogP contribution in [0.15, 0.2) is 60.8 Å². The SMILES string of the molecule is Fc1ccc(-c2ccnc(-c3ccccc3)n2)c(F)c1. The molecule has 0 bridgehead atoms. The van der Waals surface area contributed by atoms with Crippen LogP contribution in [-0.2, 0) is 0 Å². The number of nitrogens with zero attached hydrogens (tertiary/aromatic N) is 2. The van der Waals surface area contributed by atoms with Crippen LogP contribution in [0.5, 0.6) is 0 Å². The molecule has 2 aromatic carbocycles. The molecule has 0 radical (unpaired) electrons. The van der Waals surface area contributed by atoms with Crippen molar-refractivity contribution in [1.29, 1.82) is 0 Å². The maximum Gasteiger partial charge on any atom is 0.159 e. The van der Waals surface area contributed by atoms with E-state index in [4.69, 9.17) is 0 Å². The smallest absolute Gasteiger partial charge is 0.159 e. The molecule has 0 saturated heterocycles. The first kappa shape index (κ1) is 12.4. The van der Waals surface area contributed by atoms with Crippen LogP contribution in [0, 0.1) is 11.6 Å². The molecule has 98 valence electrons. The molecule has 20 heavy (non-hydrogen) atoms. The van der Waals surface area contributed by atoms with Gasteiger partial charge in [-0.15, -0.1) is 0 Å². The third kappa shape index (κ3) is 2.40. The van der Waals surface area contributed by atoms with Gasteiger partial charge in [0.15, 0.2) is 5.82 Å². The Morgan fingerprint density at radius 1 is 0.850 bits per heavy atom. The van der Waals surface area contributed by atoms with Crippen molar-refractivity contribution in [3.8, 4) is 22.6 Å². The van der Waals surface area contributed by atoms with Gasteiger partial charge in [0.05, 0.1) is 5.69 Å². The lowest BCUT2D eigenvalue weighted by Crippen LogP contribution is -1.93. The zero-order chi connectivity index (χ0) is 13.9. The van der Waals surface area contributed by atoms with Crippen LogP contribution in [0.4, 0.5) is 8.78 Å². The van der Waals surface area contributed by atoms with Gasteiger partial charge in [0.1, 0.15) is 11.6 Å². The third-order valence-corrected chi connectivity index (χ3v) is 2.89. The number of aromatic nitrogens is 2. The summed E-state index contributed by atoms with van der Waals surface area (Å²) in [5, 5.41) is 0. The summed E-state index contributed by atoms with van der Waals surface area (Å²) in [7, 11) is 0. The van der Waals surface area contributed by atoms with Crippen LogP contribution in [0.3, 0.4) is 0 Å². The second-order valence-corrected chi connectivity index (χ2v) is 4.26. The van der Waals surface area contributed by atoms with Crippen LogP contribution in [-0.4, -0.2) is 9.97 Å². The third-order valence-electron chi connectivity index (χ3n) is 2.89. The monoisotopic (exact) mass is 268 g/mol. The molecule has 1 heterocycles. The van der Waals surface area contributed by atoms with Gasteiger partial charge in [-0.05, 0) is 18.2 Å². The highest BCUT2D eigenvalue weighted by Crippen LogP contribution is 2.23. The minimum absolute atomic E-state index is 0.256. The van der Waals surface area contributed by atoms with E-state index >= 15 is 0 Å². The molecule has 0 saturated carbocycles. The maximum atomic E-state index is 13.8. The molecule has 3 aromatic rings. The molecule has 0 amide bonds. The molecule has 0 unspecified atom stereocenters. The Labute approximate surface area is 114 Å². The van der Waals surface area contributed by atoms with Gasteiger partial charge >= 0.3 is 0 Å². The highest BCUT2D eigenvalue weighted by atomic mass is 19.1. The minimum Gasteiger partial charge on any atom is -0.237 e. The van der Waals surface area contributed by atoms with Gasteiger partial charge in [-0.3, -0.25) is 0 Å². The standard InChI is InChI=1S/C16H10F2N2/c17-12-6-7-13(14(18)10-12)15-8-9-19-16(20-15)11-4-2-1-3-5-11/h1-10H. The van der Waals surface area contributed by atoms with Crippen molar-refractivity contribution in [2.45, 2.75) is 0 Å². The van der Waals surface area contributed by atoms with Crippen molar-refractivity contribution in [1.82, 2.24) is 9.97 Å². The van der Waals surface area contributed by atoms with Crippen molar-refractivity contribution in [2.24, 2.45) is 0 Å². The Morgan fingerprint density at radius 2 is 1.65 bits per heavy atom. The van der Waals surface area contributed by atoms with Crippen molar-refractivity contribution >= 4 is 0 Å². The first-order valence-corrected chi connectivity index (χ1v) is 6.08. The summed E-state index contributed by atoms with van der Waals surface area (Å²) in [6.45, 7) is 0. The summed E-state index contributed by atoms with van der Waals surface area (Å²) >= 11 is 0. The quantitative estimate of drug-likeness (QED) is 0.699. The van der Waals surface area contributed by atoms with E-state index < -0.39 is 11.6 Å². The largest absolute Gasteiger partial charge is 0.237 e. The summed E-state index contributed by atoms with van der Waals surface area (Å²) in [6, 6.07) is 14.4. The summed E-state index contributed by atoms with van der Waals surface area (Å²) < 4.78 is 26.7. The van der Waals surface area contributed by atoms with Gasteiger partial charge in [0.2, 0.25) is 0 Å². The fourth-order valence-electron chi connectivity index (χ4n) is 1.93. The number of rotatable bonds is 2. The topological polar surface area (TPSA) is 25.8 Å². The second kappa shape index (κ2) is 5.17. The molecule has 0 N–H and O–H groups in total. The Balaban J connectivity index is 2.08. The van der Waals surface area contributed by atoms with Crippen LogP contribution in [0.1, 0.15) is 0 Å². The molecule has 0 atom stereocenters. The Morgan fingerprint density at radius 3 is 2.40 bits per heavy atom. The summed E-state index contributed by atoms with van der Waals surface area (Å²) in [5.41, 5.74) is 1.53. The highest BCUT2D eigenvalue weighted by molar-refractivity contribution is 5.63. The zero-order valence-corrected chi connectivity index (χ0v) is 10.4. The van der Waals surface area contributed by atoms with Gasteiger partial charge < -0.3 is 0 Å². The van der Waals surface area contributed by atoms with E-state index in [9.17, 15) is 8.78 Å². The van der Waals surface area contributed by atoms with Gasteiger partial charge in [0, 0.05) is 23.4 Å². The number of hydrogen-bond donors (Lipinski definition) is 0. The van der Waals surface area contributed by atoms with Gasteiger partial charge in [-0.2, -0.15) is 0 Å². The van der Waals surface area contributed by atoms with E-state index in [1.165, 1.54) is 12.1 Å². The van der Waals surface area contributed by atoms with Crippen LogP contribution < -0.4 is 0 Å². The Kier molecular flexibility index (Phi) is 3.21. The van der Waals surface area contributed by atoms with Crippen LogP contribution >= 0.6 is 0 Å². The Hall–Kier alpha value is -2.62. The van der Waals surface area contributed by atoms with Gasteiger partial charge in [-0.25, -0.2) is 18.7 Å². The molecular formula is C16H10F2N2. The Bertz CT molecular complexity index is 742. The molecule has 0 spiro atoms. The molecule has 0 aliphatic heterocycles. The summed E-state index contributed by atoms with van der Waals surface area (Å²) in [6.07, 6.45) is 1.56. The molecule has 0 aliphatic carbocycles. The fraction of sp³-hybridized carbons (Fsp3) is 0. The van der Waals surface area contributed by atoms with Crippen molar-refractivity contribution in [3.05, 3.63) is 72.4 Å². The van der Waals surface area contributed by atoms with Crippen LogP contribution in [0.25, 0.3) is 22.6 Å². The summed E-state index contributed by atoms with van der Waals surface area (Å²) in [5.74, 6) is -0.738. The normalized spacial score (nSPS) is 10.5. The average Bonchev–Trinajstić information content (AvgIpc) is 2.48. The van der Waals surface area contributed by atoms with Gasteiger partial charge in [-0.1, -0.05) is 30.3 Å². The molecule has 2 nitrogen and oxygen atoms in total. The molecular weight excluding hydrogens is 258 g/mol. The lowest BCUT2D eigenvalue weighted by molar-refractivity contribution is 0.585. The van der Waals surface area contributed by atoms with Gasteiger partial charge in [0.25, 0.3) is 0 Å². The minimum atomic E-state index is -0.636. The number of halogens is 2. The fourth-order valence-corrected chi connectivity index (χ4v) is 1.93. The molecule has 0 aliphatic rings.